The lowest BCUT2D eigenvalue weighted by Gasteiger charge is -2.05. The molecule has 0 saturated heterocycles. The van der Waals surface area contributed by atoms with Gasteiger partial charge in [-0.25, -0.2) is 0 Å². The Morgan fingerprint density at radius 2 is 2.05 bits per heavy atom. The topological polar surface area (TPSA) is 67.2 Å². The summed E-state index contributed by atoms with van der Waals surface area (Å²) in [4.78, 5) is 12.3. The normalized spacial score (nSPS) is 10.8. The third-order valence-corrected chi connectivity index (χ3v) is 3.50. The molecule has 0 atom stereocenters. The third-order valence-electron chi connectivity index (χ3n) is 3.18. The first-order chi connectivity index (χ1) is 10.1. The molecule has 3 aromatic rings. The number of amides is 1. The van der Waals surface area contributed by atoms with E-state index in [0.29, 0.717) is 11.4 Å². The number of phenols is 1. The Labute approximate surface area is 125 Å². The molecule has 0 radical (unpaired) electrons. The van der Waals surface area contributed by atoms with Crippen molar-refractivity contribution in [3.63, 3.8) is 0 Å². The molecule has 0 aliphatic rings. The second-order valence-electron chi connectivity index (χ2n) is 4.61. The van der Waals surface area contributed by atoms with E-state index in [-0.39, 0.29) is 16.7 Å². The number of hydrogen-bond donors (Lipinski definition) is 2. The number of hydrogen-bond acceptors (Lipinski definition) is 3. The van der Waals surface area contributed by atoms with Crippen molar-refractivity contribution in [2.75, 3.05) is 5.32 Å². The molecule has 0 unspecified atom stereocenters. The predicted molar refractivity (Wildman–Crippen MR) is 81.8 cm³/mol. The second-order valence-corrected chi connectivity index (χ2v) is 5.02. The average Bonchev–Trinajstić information content (AvgIpc) is 2.81. The fraction of sp³-hybridized carbons (Fsp3) is 0.0667. The molecule has 2 N–H and O–H groups in total. The Bertz CT molecular complexity index is 842. The summed E-state index contributed by atoms with van der Waals surface area (Å²) in [6.07, 6.45) is 0. The molecule has 2 aromatic carbocycles. The number of nitrogens with one attached hydrogen (secondary N) is 1. The molecule has 0 aliphatic heterocycles. The van der Waals surface area contributed by atoms with Crippen molar-refractivity contribution in [3.05, 3.63) is 53.2 Å². The summed E-state index contributed by atoms with van der Waals surface area (Å²) in [5.41, 5.74) is 1.67. The van der Waals surface area contributed by atoms with Gasteiger partial charge in [-0.05, 0) is 18.2 Å². The molecule has 6 heteroatoms. The Balaban J connectivity index is 1.95. The van der Waals surface area contributed by atoms with Gasteiger partial charge in [-0.2, -0.15) is 5.10 Å². The van der Waals surface area contributed by atoms with Gasteiger partial charge in [-0.1, -0.05) is 29.8 Å². The first-order valence-corrected chi connectivity index (χ1v) is 6.65. The highest BCUT2D eigenvalue weighted by molar-refractivity contribution is 6.32. The maximum absolute atomic E-state index is 12.3. The average molecular weight is 302 g/mol. The number of para-hydroxylation sites is 1. The highest BCUT2D eigenvalue weighted by Gasteiger charge is 2.16. The number of nitrogens with zero attached hydrogens (tertiary/aromatic N) is 2. The molecule has 0 aliphatic carbocycles. The van der Waals surface area contributed by atoms with Crippen molar-refractivity contribution in [1.29, 1.82) is 0 Å². The van der Waals surface area contributed by atoms with Crippen LogP contribution in [0.5, 0.6) is 5.75 Å². The van der Waals surface area contributed by atoms with Crippen LogP contribution in [0, 0.1) is 0 Å². The van der Waals surface area contributed by atoms with Gasteiger partial charge in [-0.15, -0.1) is 0 Å². The number of rotatable bonds is 2. The molecule has 5 nitrogen and oxygen atoms in total. The number of benzene rings is 2. The number of fused-ring (bicyclic) bond motifs is 1. The fourth-order valence-electron chi connectivity index (χ4n) is 2.16. The molecule has 21 heavy (non-hydrogen) atoms. The van der Waals surface area contributed by atoms with E-state index in [0.717, 1.165) is 10.9 Å². The first-order valence-electron chi connectivity index (χ1n) is 6.28. The zero-order valence-electron chi connectivity index (χ0n) is 11.2. The number of aromatic nitrogens is 2. The summed E-state index contributed by atoms with van der Waals surface area (Å²) in [5, 5.41) is 17.5. The molecule has 0 fully saturated rings. The van der Waals surface area contributed by atoms with E-state index in [1.807, 2.05) is 24.3 Å². The van der Waals surface area contributed by atoms with Crippen LogP contribution in [0.25, 0.3) is 10.9 Å². The van der Waals surface area contributed by atoms with Gasteiger partial charge >= 0.3 is 0 Å². The van der Waals surface area contributed by atoms with Crippen LogP contribution in [0.2, 0.25) is 5.02 Å². The Morgan fingerprint density at radius 1 is 1.29 bits per heavy atom. The van der Waals surface area contributed by atoms with E-state index < -0.39 is 0 Å². The molecule has 106 valence electrons. The minimum Gasteiger partial charge on any atom is -0.506 e. The maximum atomic E-state index is 12.3. The van der Waals surface area contributed by atoms with Gasteiger partial charge in [0.1, 0.15) is 5.75 Å². The molecule has 1 aromatic heterocycles. The Hall–Kier alpha value is -2.53. The molecule has 0 saturated carbocycles. The zero-order chi connectivity index (χ0) is 15.0. The van der Waals surface area contributed by atoms with E-state index in [2.05, 4.69) is 10.4 Å². The first kappa shape index (κ1) is 13.5. The predicted octanol–water partition coefficient (Wildman–Crippen LogP) is 3.18. The Morgan fingerprint density at radius 3 is 2.81 bits per heavy atom. The summed E-state index contributed by atoms with van der Waals surface area (Å²) in [6, 6.07) is 12.0. The lowest BCUT2D eigenvalue weighted by molar-refractivity contribution is 0.102. The minimum absolute atomic E-state index is 0.0830. The van der Waals surface area contributed by atoms with E-state index >= 15 is 0 Å². The van der Waals surface area contributed by atoms with Crippen LogP contribution in [0.1, 0.15) is 10.5 Å². The van der Waals surface area contributed by atoms with Gasteiger partial charge in [0, 0.05) is 24.2 Å². The summed E-state index contributed by atoms with van der Waals surface area (Å²) < 4.78 is 1.66. The number of aromatic hydroxyl groups is 1. The molecule has 1 heterocycles. The SMILES string of the molecule is Cn1nc(C(=O)Nc2ccc(Cl)c(O)c2)c2ccccc21. The van der Waals surface area contributed by atoms with Crippen molar-refractivity contribution in [3.8, 4) is 5.75 Å². The van der Waals surface area contributed by atoms with E-state index in [1.54, 1.807) is 17.8 Å². The zero-order valence-corrected chi connectivity index (χ0v) is 11.9. The molecule has 0 spiro atoms. The summed E-state index contributed by atoms with van der Waals surface area (Å²) in [5.74, 6) is -0.422. The number of aryl methyl sites for hydroxylation is 1. The van der Waals surface area contributed by atoms with Crippen molar-refractivity contribution in [2.45, 2.75) is 0 Å². The number of phenolic OH excluding ortho intramolecular Hbond substituents is 1. The number of carbonyl (C=O) groups is 1. The van der Waals surface area contributed by atoms with Crippen LogP contribution < -0.4 is 5.32 Å². The Kier molecular flexibility index (Phi) is 3.27. The van der Waals surface area contributed by atoms with Crippen molar-refractivity contribution in [1.82, 2.24) is 9.78 Å². The molecular formula is C15H12ClN3O2. The largest absolute Gasteiger partial charge is 0.506 e. The molecular weight excluding hydrogens is 290 g/mol. The van der Waals surface area contributed by atoms with Gasteiger partial charge in [0.2, 0.25) is 0 Å². The van der Waals surface area contributed by atoms with Crippen LogP contribution >= 0.6 is 11.6 Å². The van der Waals surface area contributed by atoms with Crippen molar-refractivity contribution in [2.24, 2.45) is 7.05 Å². The minimum atomic E-state index is -0.339. The monoisotopic (exact) mass is 301 g/mol. The van der Waals surface area contributed by atoms with Crippen molar-refractivity contribution >= 4 is 34.1 Å². The number of halogens is 1. The summed E-state index contributed by atoms with van der Waals surface area (Å²) >= 11 is 5.74. The van der Waals surface area contributed by atoms with E-state index in [4.69, 9.17) is 11.6 Å². The maximum Gasteiger partial charge on any atom is 0.276 e. The van der Waals surface area contributed by atoms with Gasteiger partial charge < -0.3 is 10.4 Å². The van der Waals surface area contributed by atoms with Crippen LogP contribution in [0.4, 0.5) is 5.69 Å². The molecule has 1 amide bonds. The highest BCUT2D eigenvalue weighted by Crippen LogP contribution is 2.27. The number of carbonyl (C=O) groups excluding carboxylic acids is 1. The molecule has 0 bridgehead atoms. The third kappa shape index (κ3) is 2.43. The summed E-state index contributed by atoms with van der Waals surface area (Å²) in [7, 11) is 1.78. The van der Waals surface area contributed by atoms with Gasteiger partial charge in [0.25, 0.3) is 5.91 Å². The lowest BCUT2D eigenvalue weighted by Crippen LogP contribution is -2.13. The van der Waals surface area contributed by atoms with E-state index in [9.17, 15) is 9.90 Å². The molecule has 3 rings (SSSR count). The number of anilines is 1. The van der Waals surface area contributed by atoms with Gasteiger partial charge in [0.05, 0.1) is 10.5 Å². The van der Waals surface area contributed by atoms with Crippen LogP contribution in [0.15, 0.2) is 42.5 Å². The van der Waals surface area contributed by atoms with Crippen molar-refractivity contribution < 1.29 is 9.90 Å². The van der Waals surface area contributed by atoms with Crippen LogP contribution in [0.3, 0.4) is 0 Å². The van der Waals surface area contributed by atoms with E-state index in [1.165, 1.54) is 12.1 Å². The van der Waals surface area contributed by atoms with Gasteiger partial charge in [0.15, 0.2) is 5.69 Å². The second kappa shape index (κ2) is 5.10. The summed E-state index contributed by atoms with van der Waals surface area (Å²) in [6.45, 7) is 0. The van der Waals surface area contributed by atoms with Crippen LogP contribution in [-0.2, 0) is 7.05 Å². The van der Waals surface area contributed by atoms with Gasteiger partial charge in [-0.3, -0.25) is 9.48 Å². The van der Waals surface area contributed by atoms with Crippen LogP contribution in [-0.4, -0.2) is 20.8 Å². The lowest BCUT2D eigenvalue weighted by atomic mass is 10.2. The quantitative estimate of drug-likeness (QED) is 0.764. The highest BCUT2D eigenvalue weighted by atomic mass is 35.5. The fourth-order valence-corrected chi connectivity index (χ4v) is 2.28. The smallest absolute Gasteiger partial charge is 0.276 e. The standard InChI is InChI=1S/C15H12ClN3O2/c1-19-12-5-3-2-4-10(12)14(18-19)15(21)17-9-6-7-11(16)13(20)8-9/h2-8,20H,1H3,(H,17,21).